The molecule has 0 bridgehead atoms. The third-order valence-corrected chi connectivity index (χ3v) is 6.63. The number of phenols is 1. The summed E-state index contributed by atoms with van der Waals surface area (Å²) in [5.41, 5.74) is 2.80. The Bertz CT molecular complexity index is 1160. The van der Waals surface area contributed by atoms with Crippen LogP contribution in [0, 0.1) is 6.92 Å². The molecule has 8 heteroatoms. The maximum atomic E-state index is 13.0. The number of anilines is 1. The van der Waals surface area contributed by atoms with Crippen LogP contribution in [0.15, 0.2) is 88.2 Å². The van der Waals surface area contributed by atoms with Crippen molar-refractivity contribution >= 4 is 34.0 Å². The molecule has 1 aliphatic heterocycles. The molecular weight excluding hydrogens is 446 g/mol. The van der Waals surface area contributed by atoms with Gasteiger partial charge in [0.2, 0.25) is 0 Å². The van der Waals surface area contributed by atoms with Crippen LogP contribution in [0.4, 0.5) is 5.69 Å². The van der Waals surface area contributed by atoms with Crippen molar-refractivity contribution in [2.75, 3.05) is 31.1 Å². The highest BCUT2D eigenvalue weighted by atomic mass is 35.5. The van der Waals surface area contributed by atoms with E-state index in [1.807, 2.05) is 54.3 Å². The predicted octanol–water partition coefficient (Wildman–Crippen LogP) is 4.08. The van der Waals surface area contributed by atoms with Crippen molar-refractivity contribution in [3.63, 3.8) is 0 Å². The quantitative estimate of drug-likeness (QED) is 0.458. The lowest BCUT2D eigenvalue weighted by atomic mass is 10.1. The molecular formula is C24H26ClN3O3S. The van der Waals surface area contributed by atoms with Gasteiger partial charge in [-0.05, 0) is 43.3 Å². The molecule has 1 fully saturated rings. The van der Waals surface area contributed by atoms with Gasteiger partial charge in [0, 0.05) is 37.4 Å². The lowest BCUT2D eigenvalue weighted by Gasteiger charge is -2.37. The van der Waals surface area contributed by atoms with Gasteiger partial charge in [-0.3, -0.25) is 0 Å². The Kier molecular flexibility index (Phi) is 7.43. The van der Waals surface area contributed by atoms with Crippen molar-refractivity contribution in [1.82, 2.24) is 4.90 Å². The van der Waals surface area contributed by atoms with Crippen LogP contribution >= 0.6 is 12.4 Å². The molecule has 1 aliphatic rings. The second-order valence-electron chi connectivity index (χ2n) is 7.56. The number of sulfonamides is 1. The molecule has 1 heterocycles. The molecule has 168 valence electrons. The molecule has 1 saturated heterocycles. The van der Waals surface area contributed by atoms with Crippen molar-refractivity contribution in [3.8, 4) is 5.75 Å². The Morgan fingerprint density at radius 1 is 0.844 bits per heavy atom. The first-order chi connectivity index (χ1) is 14.9. The zero-order valence-electron chi connectivity index (χ0n) is 17.8. The van der Waals surface area contributed by atoms with Gasteiger partial charge >= 0.3 is 0 Å². The first-order valence-corrected chi connectivity index (χ1v) is 11.6. The molecule has 0 aromatic heterocycles. The molecule has 0 atom stereocenters. The molecule has 32 heavy (non-hydrogen) atoms. The van der Waals surface area contributed by atoms with Crippen LogP contribution in [-0.2, 0) is 10.0 Å². The SMILES string of the molecule is Cc1ccc(S(=O)(=O)/N=C(/c2ccccc2)N2CCN(c3ccc(O)cc3)CC2)cc1.Cl. The summed E-state index contributed by atoms with van der Waals surface area (Å²) in [5, 5.41) is 9.51. The molecule has 0 aliphatic carbocycles. The standard InChI is InChI=1S/C24H25N3O3S.ClH/c1-19-7-13-23(14-8-19)31(29,30)25-24(20-5-3-2-4-6-20)27-17-15-26(16-18-27)21-9-11-22(28)12-10-21;/h2-14,28H,15-18H2,1H3;1H/b25-24-;. The first-order valence-electron chi connectivity index (χ1n) is 10.2. The van der Waals surface area contributed by atoms with Gasteiger partial charge in [0.05, 0.1) is 4.90 Å². The number of hydrogen-bond acceptors (Lipinski definition) is 4. The van der Waals surface area contributed by atoms with Crippen LogP contribution in [-0.4, -0.2) is 50.4 Å². The second kappa shape index (κ2) is 10.1. The number of rotatable bonds is 4. The van der Waals surface area contributed by atoms with E-state index in [1.165, 1.54) is 0 Å². The van der Waals surface area contributed by atoms with Crippen LogP contribution in [0.5, 0.6) is 5.75 Å². The lowest BCUT2D eigenvalue weighted by molar-refractivity contribution is 0.386. The van der Waals surface area contributed by atoms with Crippen molar-refractivity contribution in [2.24, 2.45) is 4.40 Å². The monoisotopic (exact) mass is 471 g/mol. The van der Waals surface area contributed by atoms with E-state index in [-0.39, 0.29) is 23.1 Å². The van der Waals surface area contributed by atoms with Gasteiger partial charge < -0.3 is 14.9 Å². The Labute approximate surface area is 195 Å². The number of nitrogens with zero attached hydrogens (tertiary/aromatic N) is 3. The van der Waals surface area contributed by atoms with Gasteiger partial charge in [-0.25, -0.2) is 0 Å². The molecule has 1 N–H and O–H groups in total. The molecule has 6 nitrogen and oxygen atoms in total. The van der Waals surface area contributed by atoms with E-state index < -0.39 is 10.0 Å². The lowest BCUT2D eigenvalue weighted by Crippen LogP contribution is -2.49. The molecule has 0 radical (unpaired) electrons. The Morgan fingerprint density at radius 3 is 2.03 bits per heavy atom. The van der Waals surface area contributed by atoms with Crippen molar-refractivity contribution in [2.45, 2.75) is 11.8 Å². The molecule has 0 amide bonds. The first kappa shape index (κ1) is 23.6. The average molecular weight is 472 g/mol. The summed E-state index contributed by atoms with van der Waals surface area (Å²) in [6.45, 7) is 4.64. The van der Waals surface area contributed by atoms with Crippen molar-refractivity contribution in [1.29, 1.82) is 0 Å². The number of aromatic hydroxyl groups is 1. The van der Waals surface area contributed by atoms with Crippen LogP contribution in [0.1, 0.15) is 11.1 Å². The van der Waals surface area contributed by atoms with E-state index in [4.69, 9.17) is 0 Å². The molecule has 0 unspecified atom stereocenters. The summed E-state index contributed by atoms with van der Waals surface area (Å²) < 4.78 is 30.4. The van der Waals surface area contributed by atoms with Crippen LogP contribution in [0.25, 0.3) is 0 Å². The number of phenolic OH excluding ortho intramolecular Hbond substituents is 1. The fourth-order valence-electron chi connectivity index (χ4n) is 3.60. The summed E-state index contributed by atoms with van der Waals surface area (Å²) in [4.78, 5) is 4.43. The summed E-state index contributed by atoms with van der Waals surface area (Å²) in [6.07, 6.45) is 0. The number of piperazine rings is 1. The maximum absolute atomic E-state index is 13.0. The van der Waals surface area contributed by atoms with E-state index in [0.717, 1.165) is 29.9 Å². The minimum Gasteiger partial charge on any atom is -0.508 e. The summed E-state index contributed by atoms with van der Waals surface area (Å²) in [7, 11) is -3.84. The van der Waals surface area contributed by atoms with Crippen molar-refractivity contribution < 1.29 is 13.5 Å². The van der Waals surface area contributed by atoms with E-state index in [1.54, 1.807) is 36.4 Å². The Morgan fingerprint density at radius 2 is 1.44 bits per heavy atom. The zero-order chi connectivity index (χ0) is 21.8. The Balaban J connectivity index is 0.00000289. The number of halogens is 1. The van der Waals surface area contributed by atoms with Crippen LogP contribution in [0.2, 0.25) is 0 Å². The molecule has 4 rings (SSSR count). The summed E-state index contributed by atoms with van der Waals surface area (Å²) in [5.74, 6) is 0.703. The fourth-order valence-corrected chi connectivity index (χ4v) is 4.63. The summed E-state index contributed by atoms with van der Waals surface area (Å²) >= 11 is 0. The van der Waals surface area contributed by atoms with E-state index in [2.05, 4.69) is 9.30 Å². The third-order valence-electron chi connectivity index (χ3n) is 5.35. The zero-order valence-corrected chi connectivity index (χ0v) is 19.4. The highest BCUT2D eigenvalue weighted by Gasteiger charge is 2.24. The highest BCUT2D eigenvalue weighted by molar-refractivity contribution is 7.90. The normalized spacial score (nSPS) is 14.7. The van der Waals surface area contributed by atoms with Crippen molar-refractivity contribution in [3.05, 3.63) is 90.0 Å². The van der Waals surface area contributed by atoms with Gasteiger partial charge in [0.15, 0.2) is 0 Å². The molecule has 0 saturated carbocycles. The maximum Gasteiger partial charge on any atom is 0.284 e. The minimum absolute atomic E-state index is 0. The smallest absolute Gasteiger partial charge is 0.284 e. The number of benzene rings is 3. The molecule has 0 spiro atoms. The minimum atomic E-state index is -3.84. The largest absolute Gasteiger partial charge is 0.508 e. The Hall–Kier alpha value is -3.03. The molecule has 3 aromatic carbocycles. The summed E-state index contributed by atoms with van der Waals surface area (Å²) in [6, 6.07) is 23.3. The molecule has 3 aromatic rings. The third kappa shape index (κ3) is 5.41. The topological polar surface area (TPSA) is 73.2 Å². The van der Waals surface area contributed by atoms with Gasteiger partial charge in [0.1, 0.15) is 11.6 Å². The fraction of sp³-hybridized carbons (Fsp3) is 0.208. The second-order valence-corrected chi connectivity index (χ2v) is 9.16. The van der Waals surface area contributed by atoms with Gasteiger partial charge in [0.25, 0.3) is 10.0 Å². The van der Waals surface area contributed by atoms with Crippen LogP contribution in [0.3, 0.4) is 0 Å². The van der Waals surface area contributed by atoms with Crippen LogP contribution < -0.4 is 4.90 Å². The van der Waals surface area contributed by atoms with E-state index in [0.29, 0.717) is 18.9 Å². The number of hydrogen-bond donors (Lipinski definition) is 1. The number of aryl methyl sites for hydroxylation is 1. The average Bonchev–Trinajstić information content (AvgIpc) is 2.79. The number of amidine groups is 1. The van der Waals surface area contributed by atoms with Gasteiger partial charge in [-0.15, -0.1) is 16.8 Å². The van der Waals surface area contributed by atoms with E-state index in [9.17, 15) is 13.5 Å². The van der Waals surface area contributed by atoms with E-state index >= 15 is 0 Å². The highest BCUT2D eigenvalue weighted by Crippen LogP contribution is 2.22. The van der Waals surface area contributed by atoms with Gasteiger partial charge in [-0.1, -0.05) is 48.0 Å². The predicted molar refractivity (Wildman–Crippen MR) is 130 cm³/mol. The van der Waals surface area contributed by atoms with Gasteiger partial charge in [-0.2, -0.15) is 8.42 Å².